The Morgan fingerprint density at radius 3 is 2.23 bits per heavy atom. The summed E-state index contributed by atoms with van der Waals surface area (Å²) in [7, 11) is 0. The number of rotatable bonds is 4. The van der Waals surface area contributed by atoms with Gasteiger partial charge in [0.15, 0.2) is 0 Å². The zero-order valence-corrected chi connectivity index (χ0v) is 16.8. The number of aryl methyl sites for hydroxylation is 1. The van der Waals surface area contributed by atoms with Gasteiger partial charge in [-0.3, -0.25) is 4.68 Å². The number of aromatic nitrogens is 4. The number of ether oxygens (including phenoxy) is 1. The Hall–Kier alpha value is -2.36. The molecular weight excluding hydrogens is 397 g/mol. The highest BCUT2D eigenvalue weighted by Gasteiger charge is 2.37. The van der Waals surface area contributed by atoms with Crippen molar-refractivity contribution < 1.29 is 19.3 Å². The molecule has 10 heteroatoms. The summed E-state index contributed by atoms with van der Waals surface area (Å²) in [4.78, 5) is 11.2. The summed E-state index contributed by atoms with van der Waals surface area (Å²) in [5.41, 5.74) is 2.37. The molecule has 7 nitrogen and oxygen atoms in total. The number of piperidine rings is 1. The van der Waals surface area contributed by atoms with Gasteiger partial charge >= 0.3 is 6.18 Å². The maximum atomic E-state index is 13.4. The van der Waals surface area contributed by atoms with Crippen molar-refractivity contribution in [3.63, 3.8) is 0 Å². The van der Waals surface area contributed by atoms with E-state index in [-0.39, 0.29) is 18.3 Å². The smallest absolute Gasteiger partial charge is 0.377 e. The summed E-state index contributed by atoms with van der Waals surface area (Å²) in [6.45, 7) is 5.42. The third kappa shape index (κ3) is 3.51. The summed E-state index contributed by atoms with van der Waals surface area (Å²) < 4.78 is 55.3. The molecular formula is C20H25F3N6O. The summed E-state index contributed by atoms with van der Waals surface area (Å²) in [5, 5.41) is 4.54. The minimum atomic E-state index is -4.61. The lowest BCUT2D eigenvalue weighted by molar-refractivity contribution is -0.144. The van der Waals surface area contributed by atoms with Crippen LogP contribution in [0.3, 0.4) is 0 Å². The van der Waals surface area contributed by atoms with E-state index in [1.165, 1.54) is 5.69 Å². The molecule has 0 saturated carbocycles. The average Bonchev–Trinajstić information content (AvgIpc) is 3.04. The van der Waals surface area contributed by atoms with Crippen LogP contribution in [0.2, 0.25) is 0 Å². The summed E-state index contributed by atoms with van der Waals surface area (Å²) in [5.74, 6) is -0.250. The van der Waals surface area contributed by atoms with Crippen LogP contribution in [0.4, 0.5) is 24.8 Å². The Kier molecular flexibility index (Phi) is 4.54. The second-order valence-electron chi connectivity index (χ2n) is 8.21. The van der Waals surface area contributed by atoms with Gasteiger partial charge in [0.2, 0.25) is 5.82 Å². The van der Waals surface area contributed by atoms with Crippen molar-refractivity contribution >= 4 is 11.6 Å². The number of anilines is 2. The zero-order chi connectivity index (χ0) is 21.8. The molecule has 0 amide bonds. The molecule has 5 heterocycles. The summed E-state index contributed by atoms with van der Waals surface area (Å²) >= 11 is 0. The van der Waals surface area contributed by atoms with Crippen molar-refractivity contribution in [2.24, 2.45) is 0 Å². The summed E-state index contributed by atoms with van der Waals surface area (Å²) in [6, 6.07) is 1.90. The van der Waals surface area contributed by atoms with Gasteiger partial charge in [0, 0.05) is 45.2 Å². The van der Waals surface area contributed by atoms with E-state index in [2.05, 4.69) is 26.7 Å². The van der Waals surface area contributed by atoms with Crippen molar-refractivity contribution in [3.8, 4) is 0 Å². The molecule has 0 aliphatic carbocycles. The second-order valence-corrected chi connectivity index (χ2v) is 8.21. The molecule has 2 aromatic heterocycles. The van der Waals surface area contributed by atoms with Crippen LogP contribution in [0.25, 0.3) is 0 Å². The lowest BCUT2D eigenvalue weighted by atomic mass is 9.91. The third-order valence-corrected chi connectivity index (χ3v) is 6.17. The first-order valence-electron chi connectivity index (χ1n) is 10.9. The molecule has 0 radical (unpaired) electrons. The highest BCUT2D eigenvalue weighted by Crippen LogP contribution is 2.36. The van der Waals surface area contributed by atoms with Gasteiger partial charge in [-0.1, -0.05) is 0 Å². The fourth-order valence-corrected chi connectivity index (χ4v) is 4.32. The van der Waals surface area contributed by atoms with Gasteiger partial charge in [-0.2, -0.15) is 18.3 Å². The molecule has 162 valence electrons. The van der Waals surface area contributed by atoms with Gasteiger partial charge in [0.1, 0.15) is 11.6 Å². The Morgan fingerprint density at radius 1 is 1.07 bits per heavy atom. The monoisotopic (exact) mass is 423 g/mol. The SMILES string of the molecule is [2H]C1CN(c2cc(N3CCC(c4c(C)cnn4C4COC4)CC3)nc(C(F)(F)F)n2)C1. The molecule has 5 rings (SSSR count). The normalized spacial score (nSPS) is 22.1. The van der Waals surface area contributed by atoms with Crippen molar-refractivity contribution in [1.82, 2.24) is 19.7 Å². The third-order valence-electron chi connectivity index (χ3n) is 6.17. The number of nitrogens with zero attached hydrogens (tertiary/aromatic N) is 6. The zero-order valence-electron chi connectivity index (χ0n) is 17.8. The summed E-state index contributed by atoms with van der Waals surface area (Å²) in [6.07, 6.45) is -1.36. The van der Waals surface area contributed by atoms with Crippen LogP contribution in [0.1, 0.15) is 49.7 Å². The van der Waals surface area contributed by atoms with Crippen LogP contribution in [0.15, 0.2) is 12.3 Å². The van der Waals surface area contributed by atoms with Crippen molar-refractivity contribution in [2.75, 3.05) is 49.2 Å². The molecule has 30 heavy (non-hydrogen) atoms. The largest absolute Gasteiger partial charge is 0.451 e. The minimum absolute atomic E-state index is 0.252. The molecule has 0 aromatic carbocycles. The Morgan fingerprint density at radius 2 is 1.70 bits per heavy atom. The predicted molar refractivity (Wildman–Crippen MR) is 105 cm³/mol. The lowest BCUT2D eigenvalue weighted by Gasteiger charge is -2.36. The molecule has 3 aliphatic rings. The lowest BCUT2D eigenvalue weighted by Crippen LogP contribution is -2.39. The fraction of sp³-hybridized carbons (Fsp3) is 0.650. The van der Waals surface area contributed by atoms with E-state index in [0.29, 0.717) is 51.1 Å². The minimum Gasteiger partial charge on any atom is -0.377 e. The number of halogens is 3. The van der Waals surface area contributed by atoms with E-state index in [9.17, 15) is 13.2 Å². The van der Waals surface area contributed by atoms with E-state index < -0.39 is 12.0 Å². The van der Waals surface area contributed by atoms with Crippen LogP contribution in [-0.2, 0) is 10.9 Å². The average molecular weight is 423 g/mol. The molecule has 0 atom stereocenters. The van der Waals surface area contributed by atoms with Gasteiger partial charge < -0.3 is 14.5 Å². The Bertz CT molecular complexity index is 949. The van der Waals surface area contributed by atoms with Crippen LogP contribution >= 0.6 is 0 Å². The van der Waals surface area contributed by atoms with Crippen LogP contribution in [-0.4, -0.2) is 59.1 Å². The Labute approximate surface area is 174 Å². The highest BCUT2D eigenvalue weighted by molar-refractivity contribution is 5.53. The molecule has 0 spiro atoms. The molecule has 2 aromatic rings. The van der Waals surface area contributed by atoms with Crippen LogP contribution < -0.4 is 9.80 Å². The van der Waals surface area contributed by atoms with Gasteiger partial charge in [-0.05, 0) is 31.7 Å². The molecule has 3 aliphatic heterocycles. The van der Waals surface area contributed by atoms with Crippen molar-refractivity contribution in [3.05, 3.63) is 29.3 Å². The number of hydrogen-bond donors (Lipinski definition) is 0. The van der Waals surface area contributed by atoms with Gasteiger partial charge in [-0.15, -0.1) is 0 Å². The van der Waals surface area contributed by atoms with Gasteiger partial charge in [0.25, 0.3) is 0 Å². The Balaban J connectivity index is 1.35. The highest BCUT2D eigenvalue weighted by atomic mass is 19.4. The van der Waals surface area contributed by atoms with Crippen molar-refractivity contribution in [1.29, 1.82) is 0 Å². The predicted octanol–water partition coefficient (Wildman–Crippen LogP) is 3.17. The first-order valence-corrected chi connectivity index (χ1v) is 10.3. The molecule has 0 unspecified atom stereocenters. The van der Waals surface area contributed by atoms with Gasteiger partial charge in [0.05, 0.1) is 25.5 Å². The second kappa shape index (κ2) is 7.40. The number of hydrogen-bond acceptors (Lipinski definition) is 6. The first-order chi connectivity index (χ1) is 14.8. The molecule has 3 saturated heterocycles. The topological polar surface area (TPSA) is 59.3 Å². The fourth-order valence-electron chi connectivity index (χ4n) is 4.32. The van der Waals surface area contributed by atoms with E-state index in [1.807, 2.05) is 11.1 Å². The molecule has 0 N–H and O–H groups in total. The van der Waals surface area contributed by atoms with E-state index in [1.54, 1.807) is 11.0 Å². The first kappa shape index (κ1) is 18.4. The van der Waals surface area contributed by atoms with Crippen molar-refractivity contribution in [2.45, 2.75) is 44.3 Å². The maximum Gasteiger partial charge on any atom is 0.451 e. The quantitative estimate of drug-likeness (QED) is 0.753. The standard InChI is InChI=1S/C20H25F3N6O/c1-13-10-24-29(15-11-30-12-15)18(13)14-3-7-28(8-4-14)17-9-16(27-5-2-6-27)25-19(26-17)20(21,22)23/h9-10,14-15H,2-8,11-12H2,1H3/i2D. The maximum absolute atomic E-state index is 13.4. The molecule has 3 fully saturated rings. The molecule has 0 bridgehead atoms. The van der Waals surface area contributed by atoms with E-state index >= 15 is 0 Å². The van der Waals surface area contributed by atoms with Crippen LogP contribution in [0, 0.1) is 6.92 Å². The van der Waals surface area contributed by atoms with E-state index in [0.717, 1.165) is 18.4 Å². The van der Waals surface area contributed by atoms with E-state index in [4.69, 9.17) is 6.11 Å². The van der Waals surface area contributed by atoms with Crippen LogP contribution in [0.5, 0.6) is 0 Å². The number of alkyl halides is 3. The van der Waals surface area contributed by atoms with Gasteiger partial charge in [-0.25, -0.2) is 9.97 Å².